The first-order chi connectivity index (χ1) is 8.88. The molecule has 1 aliphatic rings. The highest BCUT2D eigenvalue weighted by Crippen LogP contribution is 2.26. The van der Waals surface area contributed by atoms with Crippen molar-refractivity contribution in [3.8, 4) is 0 Å². The van der Waals surface area contributed by atoms with Gasteiger partial charge in [0.1, 0.15) is 0 Å². The molecular weight excluding hydrogens is 240 g/mol. The van der Waals surface area contributed by atoms with Crippen LogP contribution in [0.25, 0.3) is 0 Å². The highest BCUT2D eigenvalue weighted by atomic mass is 16.3. The SMILES string of the molecule is CN(CC(C)(C)O)C(=O)NCCCC1CCCCC1. The molecule has 0 spiro atoms. The predicted molar refractivity (Wildman–Crippen MR) is 78.1 cm³/mol. The molecule has 0 unspecified atom stereocenters. The second-order valence-electron chi connectivity index (χ2n) is 6.55. The number of likely N-dealkylation sites (N-methyl/N-ethyl adjacent to an activating group) is 1. The minimum Gasteiger partial charge on any atom is -0.389 e. The van der Waals surface area contributed by atoms with Crippen molar-refractivity contribution in [3.05, 3.63) is 0 Å². The van der Waals surface area contributed by atoms with E-state index in [1.54, 1.807) is 25.8 Å². The maximum absolute atomic E-state index is 11.8. The van der Waals surface area contributed by atoms with E-state index in [9.17, 15) is 9.90 Å². The Balaban J connectivity index is 2.09. The first kappa shape index (κ1) is 16.3. The van der Waals surface area contributed by atoms with Crippen LogP contribution in [0.5, 0.6) is 0 Å². The number of hydrogen-bond donors (Lipinski definition) is 2. The van der Waals surface area contributed by atoms with Gasteiger partial charge in [0.05, 0.1) is 12.1 Å². The van der Waals surface area contributed by atoms with Gasteiger partial charge in [-0.25, -0.2) is 4.79 Å². The number of carbonyl (C=O) groups is 1. The molecule has 4 nitrogen and oxygen atoms in total. The Labute approximate surface area is 117 Å². The van der Waals surface area contributed by atoms with E-state index in [4.69, 9.17) is 0 Å². The number of urea groups is 1. The topological polar surface area (TPSA) is 52.6 Å². The lowest BCUT2D eigenvalue weighted by molar-refractivity contribution is 0.0532. The van der Waals surface area contributed by atoms with E-state index in [2.05, 4.69) is 5.32 Å². The smallest absolute Gasteiger partial charge is 0.317 e. The monoisotopic (exact) mass is 270 g/mol. The molecule has 0 aromatic heterocycles. The molecule has 0 atom stereocenters. The summed E-state index contributed by atoms with van der Waals surface area (Å²) >= 11 is 0. The molecule has 0 aliphatic heterocycles. The fourth-order valence-corrected chi connectivity index (χ4v) is 2.85. The van der Waals surface area contributed by atoms with Crippen LogP contribution in [0, 0.1) is 5.92 Å². The van der Waals surface area contributed by atoms with E-state index < -0.39 is 5.60 Å². The number of nitrogens with zero attached hydrogens (tertiary/aromatic N) is 1. The highest BCUT2D eigenvalue weighted by Gasteiger charge is 2.19. The summed E-state index contributed by atoms with van der Waals surface area (Å²) in [5.74, 6) is 0.875. The van der Waals surface area contributed by atoms with Crippen LogP contribution in [-0.2, 0) is 0 Å². The number of nitrogens with one attached hydrogen (secondary N) is 1. The average Bonchev–Trinajstić information content (AvgIpc) is 2.33. The summed E-state index contributed by atoms with van der Waals surface area (Å²) in [7, 11) is 1.72. The largest absolute Gasteiger partial charge is 0.389 e. The fraction of sp³-hybridized carbons (Fsp3) is 0.933. The standard InChI is InChI=1S/C15H30N2O2/c1-15(2,19)12-17(3)14(18)16-11-7-10-13-8-5-4-6-9-13/h13,19H,4-12H2,1-3H3,(H,16,18). The van der Waals surface area contributed by atoms with Crippen LogP contribution in [-0.4, -0.2) is 41.8 Å². The van der Waals surface area contributed by atoms with Gasteiger partial charge in [0.25, 0.3) is 0 Å². The molecule has 0 saturated heterocycles. The summed E-state index contributed by atoms with van der Waals surface area (Å²) in [5.41, 5.74) is -0.839. The van der Waals surface area contributed by atoms with Crippen LogP contribution in [0.2, 0.25) is 0 Å². The van der Waals surface area contributed by atoms with E-state index in [0.717, 1.165) is 18.9 Å². The summed E-state index contributed by atoms with van der Waals surface area (Å²) in [6, 6.07) is -0.0919. The fourth-order valence-electron chi connectivity index (χ4n) is 2.85. The molecule has 2 N–H and O–H groups in total. The molecule has 0 heterocycles. The van der Waals surface area contributed by atoms with Crippen LogP contribution >= 0.6 is 0 Å². The van der Waals surface area contributed by atoms with Crippen molar-refractivity contribution in [2.75, 3.05) is 20.1 Å². The summed E-state index contributed by atoms with van der Waals surface area (Å²) in [6.07, 6.45) is 9.19. The molecular formula is C15H30N2O2. The molecule has 0 aromatic rings. The van der Waals surface area contributed by atoms with Crippen molar-refractivity contribution in [2.45, 2.75) is 64.4 Å². The lowest BCUT2D eigenvalue weighted by Gasteiger charge is -2.26. The normalized spacial score (nSPS) is 17.3. The molecule has 1 saturated carbocycles. The number of rotatable bonds is 6. The molecule has 0 aromatic carbocycles. The third-order valence-electron chi connectivity index (χ3n) is 3.76. The van der Waals surface area contributed by atoms with Crippen LogP contribution in [0.1, 0.15) is 58.8 Å². The Morgan fingerprint density at radius 3 is 2.53 bits per heavy atom. The van der Waals surface area contributed by atoms with Gasteiger partial charge in [0.2, 0.25) is 0 Å². The second-order valence-corrected chi connectivity index (χ2v) is 6.55. The molecule has 4 heteroatoms. The lowest BCUT2D eigenvalue weighted by Crippen LogP contribution is -2.44. The molecule has 19 heavy (non-hydrogen) atoms. The number of aliphatic hydroxyl groups is 1. The first-order valence-electron chi connectivity index (χ1n) is 7.60. The van der Waals surface area contributed by atoms with E-state index in [1.807, 2.05) is 0 Å². The lowest BCUT2D eigenvalue weighted by atomic mass is 9.86. The molecule has 0 radical (unpaired) electrons. The Bertz CT molecular complexity index is 268. The Kier molecular flexibility index (Phi) is 6.63. The van der Waals surface area contributed by atoms with Gasteiger partial charge in [-0.15, -0.1) is 0 Å². The van der Waals surface area contributed by atoms with Crippen molar-refractivity contribution in [1.29, 1.82) is 0 Å². The van der Waals surface area contributed by atoms with Crippen LogP contribution < -0.4 is 5.32 Å². The third kappa shape index (κ3) is 7.41. The van der Waals surface area contributed by atoms with Crippen LogP contribution in [0.4, 0.5) is 4.79 Å². The van der Waals surface area contributed by atoms with Crippen molar-refractivity contribution in [1.82, 2.24) is 10.2 Å². The summed E-state index contributed by atoms with van der Waals surface area (Å²) in [6.45, 7) is 4.51. The summed E-state index contributed by atoms with van der Waals surface area (Å²) in [4.78, 5) is 13.3. The Morgan fingerprint density at radius 1 is 1.32 bits per heavy atom. The minimum atomic E-state index is -0.839. The van der Waals surface area contributed by atoms with Gasteiger partial charge in [-0.1, -0.05) is 32.1 Å². The number of carbonyl (C=O) groups excluding carboxylic acids is 1. The van der Waals surface area contributed by atoms with Crippen molar-refractivity contribution in [2.24, 2.45) is 5.92 Å². The highest BCUT2D eigenvalue weighted by molar-refractivity contribution is 5.73. The molecule has 2 amide bonds. The Morgan fingerprint density at radius 2 is 1.95 bits per heavy atom. The zero-order valence-electron chi connectivity index (χ0n) is 12.7. The van der Waals surface area contributed by atoms with Gasteiger partial charge >= 0.3 is 6.03 Å². The van der Waals surface area contributed by atoms with Crippen molar-refractivity contribution >= 4 is 6.03 Å². The van der Waals surface area contributed by atoms with E-state index in [0.29, 0.717) is 6.54 Å². The van der Waals surface area contributed by atoms with Gasteiger partial charge < -0.3 is 15.3 Å². The minimum absolute atomic E-state index is 0.0919. The average molecular weight is 270 g/mol. The summed E-state index contributed by atoms with van der Waals surface area (Å²) < 4.78 is 0. The van der Waals surface area contributed by atoms with Gasteiger partial charge in [0, 0.05) is 13.6 Å². The summed E-state index contributed by atoms with van der Waals surface area (Å²) in [5, 5.41) is 12.6. The molecule has 0 bridgehead atoms. The van der Waals surface area contributed by atoms with Crippen LogP contribution in [0.3, 0.4) is 0 Å². The van der Waals surface area contributed by atoms with E-state index in [1.165, 1.54) is 38.5 Å². The molecule has 112 valence electrons. The van der Waals surface area contributed by atoms with Crippen molar-refractivity contribution in [3.63, 3.8) is 0 Å². The van der Waals surface area contributed by atoms with Gasteiger partial charge in [-0.3, -0.25) is 0 Å². The predicted octanol–water partition coefficient (Wildman–Crippen LogP) is 2.76. The molecule has 1 fully saturated rings. The van der Waals surface area contributed by atoms with Gasteiger partial charge in [-0.2, -0.15) is 0 Å². The van der Waals surface area contributed by atoms with Crippen molar-refractivity contribution < 1.29 is 9.90 Å². The molecule has 1 aliphatic carbocycles. The maximum Gasteiger partial charge on any atom is 0.317 e. The second kappa shape index (κ2) is 7.73. The van der Waals surface area contributed by atoms with Gasteiger partial charge in [0.15, 0.2) is 0 Å². The Hall–Kier alpha value is -0.770. The zero-order chi connectivity index (χ0) is 14.3. The first-order valence-corrected chi connectivity index (χ1v) is 7.60. The number of hydrogen-bond acceptors (Lipinski definition) is 2. The van der Waals surface area contributed by atoms with E-state index in [-0.39, 0.29) is 6.03 Å². The zero-order valence-corrected chi connectivity index (χ0v) is 12.7. The van der Waals surface area contributed by atoms with Gasteiger partial charge in [-0.05, 0) is 32.6 Å². The quantitative estimate of drug-likeness (QED) is 0.729. The van der Waals surface area contributed by atoms with E-state index >= 15 is 0 Å². The van der Waals surface area contributed by atoms with Crippen LogP contribution in [0.15, 0.2) is 0 Å². The maximum atomic E-state index is 11.8. The molecule has 1 rings (SSSR count). The third-order valence-corrected chi connectivity index (χ3v) is 3.76. The number of amides is 2.